The van der Waals surface area contributed by atoms with Crippen molar-refractivity contribution in [2.75, 3.05) is 35.0 Å². The van der Waals surface area contributed by atoms with Crippen LogP contribution in [0.3, 0.4) is 0 Å². The van der Waals surface area contributed by atoms with Crippen molar-refractivity contribution in [1.82, 2.24) is 0 Å². The number of ether oxygens (including phenoxy) is 1. The summed E-state index contributed by atoms with van der Waals surface area (Å²) < 4.78 is 25.9. The van der Waals surface area contributed by atoms with E-state index in [1.807, 2.05) is 6.92 Å². The van der Waals surface area contributed by atoms with Crippen LogP contribution in [0.1, 0.15) is 13.3 Å². The maximum Gasteiger partial charge on any atom is 0.678 e. The van der Waals surface area contributed by atoms with E-state index in [0.29, 0.717) is 6.61 Å². The van der Waals surface area contributed by atoms with Crippen molar-refractivity contribution in [3.8, 4) is 0 Å². The molecule has 0 aliphatic carbocycles. The summed E-state index contributed by atoms with van der Waals surface area (Å²) in [5.41, 5.74) is 0. The lowest BCUT2D eigenvalue weighted by Crippen LogP contribution is -2.48. The van der Waals surface area contributed by atoms with Gasteiger partial charge in [-0.15, -0.1) is 0 Å². The van der Waals surface area contributed by atoms with E-state index in [-0.39, 0.29) is 6.10 Å². The molecule has 0 aromatic heterocycles. The molecule has 86 valence electrons. The zero-order valence-corrected chi connectivity index (χ0v) is 10.5. The van der Waals surface area contributed by atoms with Crippen LogP contribution >= 0.6 is 0 Å². The van der Waals surface area contributed by atoms with Crippen LogP contribution in [-0.2, 0) is 22.4 Å². The van der Waals surface area contributed by atoms with Gasteiger partial charge in [-0.3, -0.25) is 0 Å². The molecule has 0 saturated carbocycles. The van der Waals surface area contributed by atoms with Gasteiger partial charge in [0.15, 0.2) is 0 Å². The molecular formula is C8H20O5Si. The van der Waals surface area contributed by atoms with Gasteiger partial charge in [0.05, 0.1) is 12.7 Å². The Balaban J connectivity index is 4.04. The van der Waals surface area contributed by atoms with Gasteiger partial charge in [0.25, 0.3) is 0 Å². The molecule has 0 bridgehead atoms. The summed E-state index contributed by atoms with van der Waals surface area (Å²) in [5.74, 6) is 0. The highest BCUT2D eigenvalue weighted by molar-refractivity contribution is 6.53. The summed E-state index contributed by atoms with van der Waals surface area (Å²) in [5, 5.41) is 0. The zero-order valence-electron chi connectivity index (χ0n) is 9.53. The van der Waals surface area contributed by atoms with E-state index in [1.165, 1.54) is 21.3 Å². The molecule has 0 aliphatic heterocycles. The van der Waals surface area contributed by atoms with Gasteiger partial charge in [-0.1, -0.05) is 6.92 Å². The van der Waals surface area contributed by atoms with Crippen LogP contribution in [0.5, 0.6) is 0 Å². The molecule has 0 aliphatic rings. The van der Waals surface area contributed by atoms with Gasteiger partial charge >= 0.3 is 9.05 Å². The number of rotatable bonds is 8. The number of hydrogen-bond acceptors (Lipinski definition) is 5. The molecule has 0 saturated heterocycles. The maximum absolute atomic E-state index is 5.47. The first kappa shape index (κ1) is 14.0. The van der Waals surface area contributed by atoms with Crippen molar-refractivity contribution in [3.05, 3.63) is 0 Å². The summed E-state index contributed by atoms with van der Waals surface area (Å²) in [6.07, 6.45) is 0.917. The van der Waals surface area contributed by atoms with E-state index in [9.17, 15) is 0 Å². The van der Waals surface area contributed by atoms with Gasteiger partial charge in [-0.25, -0.2) is 0 Å². The van der Waals surface area contributed by atoms with Crippen LogP contribution in [0, 0.1) is 0 Å². The number of hydrogen-bond donors (Lipinski definition) is 0. The topological polar surface area (TPSA) is 46.2 Å². The summed E-state index contributed by atoms with van der Waals surface area (Å²) in [6, 6.07) is 0. The van der Waals surface area contributed by atoms with E-state index in [2.05, 4.69) is 0 Å². The van der Waals surface area contributed by atoms with Crippen molar-refractivity contribution in [2.45, 2.75) is 19.4 Å². The van der Waals surface area contributed by atoms with Crippen LogP contribution in [-0.4, -0.2) is 50.2 Å². The standard InChI is InChI=1S/C8H20O5Si/c1-6-8(9-2)7-13-14(10-3,11-4)12-5/h8H,6-7H2,1-5H3. The second-order valence-electron chi connectivity index (χ2n) is 2.69. The summed E-state index contributed by atoms with van der Waals surface area (Å²) >= 11 is 0. The third kappa shape index (κ3) is 4.03. The molecule has 14 heavy (non-hydrogen) atoms. The SMILES string of the molecule is CCC(CO[Si](OC)(OC)OC)OC. The van der Waals surface area contributed by atoms with E-state index >= 15 is 0 Å². The quantitative estimate of drug-likeness (QED) is 0.571. The van der Waals surface area contributed by atoms with E-state index in [1.54, 1.807) is 7.11 Å². The van der Waals surface area contributed by atoms with Crippen molar-refractivity contribution in [3.63, 3.8) is 0 Å². The fourth-order valence-corrected chi connectivity index (χ4v) is 2.22. The van der Waals surface area contributed by atoms with Gasteiger partial charge in [-0.2, -0.15) is 0 Å². The van der Waals surface area contributed by atoms with Crippen molar-refractivity contribution < 1.29 is 22.4 Å². The zero-order chi connectivity index (χ0) is 11.0. The van der Waals surface area contributed by atoms with Gasteiger partial charge in [-0.05, 0) is 6.42 Å². The fourth-order valence-electron chi connectivity index (χ4n) is 0.974. The molecule has 0 heterocycles. The minimum absolute atomic E-state index is 0.0438. The van der Waals surface area contributed by atoms with Crippen LogP contribution in [0.15, 0.2) is 0 Å². The molecule has 5 nitrogen and oxygen atoms in total. The smallest absolute Gasteiger partial charge is 0.379 e. The summed E-state index contributed by atoms with van der Waals surface area (Å²) in [6.45, 7) is 2.43. The lowest BCUT2D eigenvalue weighted by atomic mass is 10.3. The minimum atomic E-state index is -2.89. The third-order valence-corrected chi connectivity index (χ3v) is 4.00. The predicted octanol–water partition coefficient (Wildman–Crippen LogP) is 0.803. The first-order valence-electron chi connectivity index (χ1n) is 4.50. The van der Waals surface area contributed by atoms with Crippen LogP contribution in [0.4, 0.5) is 0 Å². The predicted molar refractivity (Wildman–Crippen MR) is 53.8 cm³/mol. The van der Waals surface area contributed by atoms with Gasteiger partial charge in [0.2, 0.25) is 0 Å². The molecule has 0 aromatic rings. The van der Waals surface area contributed by atoms with E-state index < -0.39 is 9.05 Å². The molecule has 0 N–H and O–H groups in total. The first-order chi connectivity index (χ1) is 6.67. The monoisotopic (exact) mass is 224 g/mol. The Morgan fingerprint density at radius 1 is 1.00 bits per heavy atom. The highest BCUT2D eigenvalue weighted by atomic mass is 28.4. The Morgan fingerprint density at radius 3 is 1.79 bits per heavy atom. The van der Waals surface area contributed by atoms with Gasteiger partial charge in [0, 0.05) is 28.4 Å². The van der Waals surface area contributed by atoms with Gasteiger partial charge in [0.1, 0.15) is 0 Å². The molecule has 0 rings (SSSR count). The minimum Gasteiger partial charge on any atom is -0.379 e. The Kier molecular flexibility index (Phi) is 7.34. The molecule has 0 aromatic carbocycles. The van der Waals surface area contributed by atoms with E-state index in [0.717, 1.165) is 6.42 Å². The second-order valence-corrected chi connectivity index (χ2v) is 5.20. The third-order valence-electron chi connectivity index (χ3n) is 1.98. The van der Waals surface area contributed by atoms with Crippen LogP contribution in [0.25, 0.3) is 0 Å². The molecule has 1 unspecified atom stereocenters. The van der Waals surface area contributed by atoms with Crippen molar-refractivity contribution in [1.29, 1.82) is 0 Å². The Bertz CT molecular complexity index is 127. The highest BCUT2D eigenvalue weighted by Crippen LogP contribution is 2.09. The lowest BCUT2D eigenvalue weighted by molar-refractivity contribution is -0.0304. The second kappa shape index (κ2) is 7.33. The molecule has 0 fully saturated rings. The Labute approximate surface area is 86.7 Å². The molecule has 0 radical (unpaired) electrons. The van der Waals surface area contributed by atoms with Crippen LogP contribution in [0.2, 0.25) is 0 Å². The van der Waals surface area contributed by atoms with E-state index in [4.69, 9.17) is 22.4 Å². The Morgan fingerprint density at radius 2 is 1.50 bits per heavy atom. The highest BCUT2D eigenvalue weighted by Gasteiger charge is 2.42. The summed E-state index contributed by atoms with van der Waals surface area (Å²) in [4.78, 5) is 0. The molecular weight excluding hydrogens is 204 g/mol. The molecule has 0 amide bonds. The molecule has 6 heteroatoms. The normalized spacial score (nSPS) is 14.4. The van der Waals surface area contributed by atoms with Gasteiger partial charge < -0.3 is 22.4 Å². The Hall–Kier alpha value is 0.0169. The summed E-state index contributed by atoms with van der Waals surface area (Å²) in [7, 11) is 3.27. The average molecular weight is 224 g/mol. The fraction of sp³-hybridized carbons (Fsp3) is 1.00. The lowest BCUT2D eigenvalue weighted by Gasteiger charge is -2.24. The van der Waals surface area contributed by atoms with Crippen LogP contribution < -0.4 is 0 Å². The molecule has 1 atom stereocenters. The average Bonchev–Trinajstić information content (AvgIpc) is 2.26. The molecule has 0 spiro atoms. The number of methoxy groups -OCH3 is 1. The van der Waals surface area contributed by atoms with Crippen molar-refractivity contribution >= 4 is 9.05 Å². The largest absolute Gasteiger partial charge is 0.678 e. The first-order valence-corrected chi connectivity index (χ1v) is 6.13. The van der Waals surface area contributed by atoms with Crippen molar-refractivity contribution in [2.24, 2.45) is 0 Å². The maximum atomic E-state index is 5.47.